The second-order valence-corrected chi connectivity index (χ2v) is 5.08. The first-order valence-corrected chi connectivity index (χ1v) is 6.28. The molecule has 14 heavy (non-hydrogen) atoms. The number of alkyl halides is 1. The van der Waals surface area contributed by atoms with Gasteiger partial charge in [-0.1, -0.05) is 11.6 Å². The van der Waals surface area contributed by atoms with Crippen molar-refractivity contribution in [2.75, 3.05) is 16.4 Å². The summed E-state index contributed by atoms with van der Waals surface area (Å²) in [5.41, 5.74) is 0.384. The molecule has 78 valence electrons. The lowest BCUT2D eigenvalue weighted by Crippen LogP contribution is -2.17. The number of hydrogen-bond acceptors (Lipinski definition) is 3. The average molecular weight is 255 g/mol. The van der Waals surface area contributed by atoms with Crippen LogP contribution in [0.3, 0.4) is 0 Å². The summed E-state index contributed by atoms with van der Waals surface area (Å²) in [6.07, 6.45) is 1.42. The van der Waals surface area contributed by atoms with Gasteiger partial charge in [-0.15, -0.1) is 11.6 Å². The van der Waals surface area contributed by atoms with Crippen molar-refractivity contribution >= 4 is 38.9 Å². The van der Waals surface area contributed by atoms with Gasteiger partial charge in [-0.3, -0.25) is 4.72 Å². The van der Waals surface area contributed by atoms with Crippen LogP contribution in [0.4, 0.5) is 5.69 Å². The zero-order valence-corrected chi connectivity index (χ0v) is 9.40. The lowest BCUT2D eigenvalue weighted by atomic mass is 10.4. The van der Waals surface area contributed by atoms with Crippen LogP contribution < -0.4 is 4.72 Å². The smallest absolute Gasteiger partial charge is 0.233 e. The Labute approximate surface area is 92.3 Å². The number of halogens is 2. The van der Waals surface area contributed by atoms with Gasteiger partial charge >= 0.3 is 0 Å². The van der Waals surface area contributed by atoms with Crippen LogP contribution in [0, 0.1) is 0 Å². The Morgan fingerprint density at radius 2 is 2.21 bits per heavy atom. The highest BCUT2D eigenvalue weighted by molar-refractivity contribution is 7.92. The number of rotatable bonds is 4. The molecule has 1 N–H and O–H groups in total. The number of hydrogen-bond donors (Lipinski definition) is 1. The zero-order chi connectivity index (χ0) is 10.6. The van der Waals surface area contributed by atoms with E-state index >= 15 is 0 Å². The Hall–Kier alpha value is -0.520. The number of pyridine rings is 1. The lowest BCUT2D eigenvalue weighted by Gasteiger charge is -2.05. The van der Waals surface area contributed by atoms with E-state index in [-0.39, 0.29) is 16.8 Å². The summed E-state index contributed by atoms with van der Waals surface area (Å²) in [5, 5.41) is 0.232. The van der Waals surface area contributed by atoms with Crippen LogP contribution >= 0.6 is 23.2 Å². The molecule has 1 rings (SSSR count). The Balaban J connectivity index is 2.79. The van der Waals surface area contributed by atoms with Crippen LogP contribution in [0.15, 0.2) is 18.3 Å². The Kier molecular flexibility index (Phi) is 3.97. The van der Waals surface area contributed by atoms with Crippen molar-refractivity contribution in [3.63, 3.8) is 0 Å². The third-order valence-electron chi connectivity index (χ3n) is 1.35. The molecule has 0 aliphatic rings. The van der Waals surface area contributed by atoms with E-state index in [2.05, 4.69) is 9.71 Å². The Bertz CT molecular complexity index is 408. The number of aromatic nitrogens is 1. The van der Waals surface area contributed by atoms with Crippen molar-refractivity contribution in [1.29, 1.82) is 0 Å². The lowest BCUT2D eigenvalue weighted by molar-refractivity contribution is 0.602. The summed E-state index contributed by atoms with van der Waals surface area (Å²) >= 11 is 10.9. The molecule has 0 unspecified atom stereocenters. The molecular weight excluding hydrogens is 247 g/mol. The number of anilines is 1. The SMILES string of the molecule is O=S(=O)(CCCl)Nc1ccnc(Cl)c1. The summed E-state index contributed by atoms with van der Waals surface area (Å²) in [5.74, 6) is -0.0807. The maximum atomic E-state index is 11.3. The first-order chi connectivity index (χ1) is 6.53. The largest absolute Gasteiger partial charge is 0.283 e. The monoisotopic (exact) mass is 254 g/mol. The third-order valence-corrected chi connectivity index (χ3v) is 3.25. The topological polar surface area (TPSA) is 59.1 Å². The molecule has 0 fully saturated rings. The molecule has 0 aliphatic heterocycles. The third kappa shape index (κ3) is 3.69. The van der Waals surface area contributed by atoms with Gasteiger partial charge < -0.3 is 0 Å². The van der Waals surface area contributed by atoms with Crippen molar-refractivity contribution in [2.24, 2.45) is 0 Å². The predicted molar refractivity (Wildman–Crippen MR) is 57.4 cm³/mol. The van der Waals surface area contributed by atoms with Gasteiger partial charge in [0.05, 0.1) is 11.4 Å². The second-order valence-electron chi connectivity index (χ2n) is 2.48. The van der Waals surface area contributed by atoms with Crippen LogP contribution in [-0.4, -0.2) is 25.0 Å². The van der Waals surface area contributed by atoms with Crippen molar-refractivity contribution in [3.05, 3.63) is 23.5 Å². The molecule has 7 heteroatoms. The fraction of sp³-hybridized carbons (Fsp3) is 0.286. The average Bonchev–Trinajstić information content (AvgIpc) is 2.02. The maximum Gasteiger partial charge on any atom is 0.233 e. The molecule has 0 spiro atoms. The molecule has 0 saturated carbocycles. The molecule has 4 nitrogen and oxygen atoms in total. The van der Waals surface area contributed by atoms with Gasteiger partial charge in [0.25, 0.3) is 0 Å². The summed E-state index contributed by atoms with van der Waals surface area (Å²) in [7, 11) is -3.37. The number of nitrogens with zero attached hydrogens (tertiary/aromatic N) is 1. The molecule has 0 bridgehead atoms. The van der Waals surface area contributed by atoms with Crippen LogP contribution in [0.25, 0.3) is 0 Å². The Morgan fingerprint density at radius 3 is 2.79 bits per heavy atom. The first kappa shape index (κ1) is 11.6. The fourth-order valence-corrected chi connectivity index (χ4v) is 2.37. The Morgan fingerprint density at radius 1 is 1.50 bits per heavy atom. The van der Waals surface area contributed by atoms with E-state index in [1.165, 1.54) is 18.3 Å². The predicted octanol–water partition coefficient (Wildman–Crippen LogP) is 1.72. The highest BCUT2D eigenvalue weighted by Gasteiger charge is 2.09. The fourth-order valence-electron chi connectivity index (χ4n) is 0.798. The van der Waals surface area contributed by atoms with Crippen LogP contribution in [0.2, 0.25) is 5.15 Å². The van der Waals surface area contributed by atoms with E-state index in [0.717, 1.165) is 0 Å². The molecule has 0 aliphatic carbocycles. The molecule has 1 heterocycles. The van der Waals surface area contributed by atoms with E-state index in [1.807, 2.05) is 0 Å². The minimum atomic E-state index is -3.37. The van der Waals surface area contributed by atoms with E-state index < -0.39 is 10.0 Å². The minimum Gasteiger partial charge on any atom is -0.283 e. The summed E-state index contributed by atoms with van der Waals surface area (Å²) in [6, 6.07) is 2.94. The van der Waals surface area contributed by atoms with E-state index in [1.54, 1.807) is 0 Å². The highest BCUT2D eigenvalue weighted by atomic mass is 35.5. The van der Waals surface area contributed by atoms with Gasteiger partial charge in [0, 0.05) is 12.1 Å². The second kappa shape index (κ2) is 4.82. The van der Waals surface area contributed by atoms with E-state index in [9.17, 15) is 8.42 Å². The van der Waals surface area contributed by atoms with Crippen molar-refractivity contribution in [1.82, 2.24) is 4.98 Å². The van der Waals surface area contributed by atoms with Crippen LogP contribution in [-0.2, 0) is 10.0 Å². The minimum absolute atomic E-state index is 0.0498. The first-order valence-electron chi connectivity index (χ1n) is 3.71. The quantitative estimate of drug-likeness (QED) is 0.658. The maximum absolute atomic E-state index is 11.3. The molecule has 1 aromatic rings. The van der Waals surface area contributed by atoms with Crippen LogP contribution in [0.5, 0.6) is 0 Å². The van der Waals surface area contributed by atoms with Gasteiger partial charge in [0.2, 0.25) is 10.0 Å². The van der Waals surface area contributed by atoms with Crippen LogP contribution in [0.1, 0.15) is 0 Å². The van der Waals surface area contributed by atoms with Crippen molar-refractivity contribution < 1.29 is 8.42 Å². The number of nitrogens with one attached hydrogen (secondary N) is 1. The highest BCUT2D eigenvalue weighted by Crippen LogP contribution is 2.13. The molecule has 0 radical (unpaired) electrons. The van der Waals surface area contributed by atoms with Gasteiger partial charge in [0.15, 0.2) is 0 Å². The van der Waals surface area contributed by atoms with Crippen molar-refractivity contribution in [3.8, 4) is 0 Å². The number of sulfonamides is 1. The normalized spacial score (nSPS) is 11.3. The molecular formula is C7H8Cl2N2O2S. The molecule has 0 atom stereocenters. The molecule has 1 aromatic heterocycles. The van der Waals surface area contributed by atoms with Gasteiger partial charge in [-0.2, -0.15) is 0 Å². The van der Waals surface area contributed by atoms with E-state index in [0.29, 0.717) is 5.69 Å². The summed E-state index contributed by atoms with van der Waals surface area (Å²) < 4.78 is 24.8. The summed E-state index contributed by atoms with van der Waals surface area (Å²) in [6.45, 7) is 0. The standard InChI is InChI=1S/C7H8Cl2N2O2S/c8-2-4-14(12,13)11-6-1-3-10-7(9)5-6/h1,3,5H,2,4H2,(H,10,11). The van der Waals surface area contributed by atoms with Gasteiger partial charge in [0.1, 0.15) is 5.15 Å². The zero-order valence-electron chi connectivity index (χ0n) is 7.07. The van der Waals surface area contributed by atoms with Gasteiger partial charge in [-0.25, -0.2) is 13.4 Å². The molecule has 0 amide bonds. The summed E-state index contributed by atoms with van der Waals surface area (Å²) in [4.78, 5) is 3.72. The van der Waals surface area contributed by atoms with E-state index in [4.69, 9.17) is 23.2 Å². The van der Waals surface area contributed by atoms with Gasteiger partial charge in [-0.05, 0) is 12.1 Å². The molecule has 0 aromatic carbocycles. The molecule has 0 saturated heterocycles. The van der Waals surface area contributed by atoms with Crippen molar-refractivity contribution in [2.45, 2.75) is 0 Å².